The number of nitrogens with zero attached hydrogens (tertiary/aromatic N) is 7. The third-order valence-corrected chi connectivity index (χ3v) is 1.85. The van der Waals surface area contributed by atoms with Gasteiger partial charge in [-0.3, -0.25) is 0 Å². The molecule has 0 fully saturated rings. The van der Waals surface area contributed by atoms with Crippen LogP contribution in [0.25, 0.3) is 11.2 Å². The fraction of sp³-hybridized carbons (Fsp3) is 0. The van der Waals surface area contributed by atoms with Crippen molar-refractivity contribution < 1.29 is 0 Å². The van der Waals surface area contributed by atoms with Crippen LogP contribution in [0.2, 0.25) is 0 Å². The molecule has 3 aromatic rings. The predicted molar refractivity (Wildman–Crippen MR) is 46.1 cm³/mol. The Bertz CT molecular complexity index is 552. The standard InChI is InChI=1S/C7H5N7/c1-6-7(9-2-8-1)14(3-10-6)13-4-11-12-5-13/h1-5H. The van der Waals surface area contributed by atoms with Crippen LogP contribution in [0.3, 0.4) is 0 Å². The highest BCUT2D eigenvalue weighted by Crippen LogP contribution is 2.06. The van der Waals surface area contributed by atoms with E-state index in [1.165, 1.54) is 6.33 Å². The zero-order chi connectivity index (χ0) is 9.38. The van der Waals surface area contributed by atoms with Gasteiger partial charge in [0.2, 0.25) is 0 Å². The molecule has 14 heavy (non-hydrogen) atoms. The quantitative estimate of drug-likeness (QED) is 0.524. The first-order chi connectivity index (χ1) is 6.95. The second-order valence-corrected chi connectivity index (χ2v) is 2.66. The van der Waals surface area contributed by atoms with Crippen molar-refractivity contribution in [3.8, 4) is 0 Å². The van der Waals surface area contributed by atoms with E-state index in [4.69, 9.17) is 0 Å². The molecule has 0 saturated heterocycles. The number of rotatable bonds is 1. The normalized spacial score (nSPS) is 10.9. The maximum atomic E-state index is 4.14. The first-order valence-electron chi connectivity index (χ1n) is 3.93. The lowest BCUT2D eigenvalue weighted by Gasteiger charge is -2.00. The van der Waals surface area contributed by atoms with Crippen LogP contribution in [0.5, 0.6) is 0 Å². The molecule has 7 heteroatoms. The summed E-state index contributed by atoms with van der Waals surface area (Å²) in [6.07, 6.45) is 7.92. The molecule has 0 atom stereocenters. The van der Waals surface area contributed by atoms with Gasteiger partial charge in [0.1, 0.15) is 30.8 Å². The van der Waals surface area contributed by atoms with Crippen molar-refractivity contribution in [1.29, 1.82) is 0 Å². The Morgan fingerprint density at radius 3 is 2.71 bits per heavy atom. The summed E-state index contributed by atoms with van der Waals surface area (Å²) in [5, 5.41) is 7.41. The van der Waals surface area contributed by atoms with Gasteiger partial charge in [-0.1, -0.05) is 0 Å². The summed E-state index contributed by atoms with van der Waals surface area (Å²) in [6.45, 7) is 0. The minimum Gasteiger partial charge on any atom is -0.242 e. The summed E-state index contributed by atoms with van der Waals surface area (Å²) >= 11 is 0. The molecule has 68 valence electrons. The van der Waals surface area contributed by atoms with E-state index in [-0.39, 0.29) is 0 Å². The maximum Gasteiger partial charge on any atom is 0.182 e. The molecule has 0 amide bonds. The lowest BCUT2D eigenvalue weighted by Crippen LogP contribution is -2.05. The minimum absolute atomic E-state index is 0.722. The average Bonchev–Trinajstić information content (AvgIpc) is 2.85. The van der Waals surface area contributed by atoms with Crippen molar-refractivity contribution in [1.82, 2.24) is 34.5 Å². The number of hydrogen-bond acceptors (Lipinski definition) is 5. The molecule has 0 saturated carbocycles. The fourth-order valence-corrected chi connectivity index (χ4v) is 1.23. The summed E-state index contributed by atoms with van der Waals surface area (Å²) < 4.78 is 3.42. The monoisotopic (exact) mass is 187 g/mol. The van der Waals surface area contributed by atoms with Crippen molar-refractivity contribution in [2.24, 2.45) is 0 Å². The van der Waals surface area contributed by atoms with Crippen molar-refractivity contribution in [3.05, 3.63) is 31.5 Å². The fourth-order valence-electron chi connectivity index (χ4n) is 1.23. The van der Waals surface area contributed by atoms with Gasteiger partial charge in [0.15, 0.2) is 5.65 Å². The van der Waals surface area contributed by atoms with E-state index in [0.717, 1.165) is 11.2 Å². The maximum absolute atomic E-state index is 4.14. The van der Waals surface area contributed by atoms with Gasteiger partial charge in [0, 0.05) is 0 Å². The molecule has 3 rings (SSSR count). The SMILES string of the molecule is c1ncc2ncn(-n3cnnc3)c2n1. The van der Waals surface area contributed by atoms with Gasteiger partial charge < -0.3 is 0 Å². The average molecular weight is 187 g/mol. The summed E-state index contributed by atoms with van der Waals surface area (Å²) in [6, 6.07) is 0. The van der Waals surface area contributed by atoms with Crippen molar-refractivity contribution >= 4 is 11.2 Å². The minimum atomic E-state index is 0.722. The second kappa shape index (κ2) is 2.59. The van der Waals surface area contributed by atoms with Crippen LogP contribution in [0, 0.1) is 0 Å². The van der Waals surface area contributed by atoms with E-state index in [2.05, 4.69) is 25.1 Å². The van der Waals surface area contributed by atoms with Crippen LogP contribution >= 0.6 is 0 Å². The Hall–Kier alpha value is -2.31. The molecular weight excluding hydrogens is 182 g/mol. The van der Waals surface area contributed by atoms with Gasteiger partial charge in [-0.05, 0) is 0 Å². The first-order valence-corrected chi connectivity index (χ1v) is 3.93. The van der Waals surface area contributed by atoms with Crippen molar-refractivity contribution in [2.75, 3.05) is 0 Å². The topological polar surface area (TPSA) is 74.3 Å². The molecule has 7 nitrogen and oxygen atoms in total. The molecule has 0 aromatic carbocycles. The molecule has 0 aliphatic rings. The largest absolute Gasteiger partial charge is 0.242 e. The Morgan fingerprint density at radius 2 is 1.86 bits per heavy atom. The molecule has 0 N–H and O–H groups in total. The first kappa shape index (κ1) is 7.13. The van der Waals surface area contributed by atoms with Gasteiger partial charge in [-0.25, -0.2) is 24.3 Å². The summed E-state index contributed by atoms with van der Waals surface area (Å²) in [7, 11) is 0. The zero-order valence-electron chi connectivity index (χ0n) is 7.02. The van der Waals surface area contributed by atoms with E-state index in [9.17, 15) is 0 Å². The Labute approximate surface area is 78.0 Å². The second-order valence-electron chi connectivity index (χ2n) is 2.66. The highest BCUT2D eigenvalue weighted by molar-refractivity contribution is 5.68. The predicted octanol–water partition coefficient (Wildman–Crippen LogP) is -0.271. The zero-order valence-corrected chi connectivity index (χ0v) is 7.02. The summed E-state index contributed by atoms with van der Waals surface area (Å²) in [5.74, 6) is 0. The third-order valence-electron chi connectivity index (χ3n) is 1.85. The van der Waals surface area contributed by atoms with Gasteiger partial charge in [-0.2, -0.15) is 0 Å². The van der Waals surface area contributed by atoms with Crippen LogP contribution in [-0.4, -0.2) is 34.5 Å². The van der Waals surface area contributed by atoms with Crippen molar-refractivity contribution in [2.45, 2.75) is 0 Å². The number of hydrogen-bond donors (Lipinski definition) is 0. The smallest absolute Gasteiger partial charge is 0.182 e. The Kier molecular flexibility index (Phi) is 1.32. The van der Waals surface area contributed by atoms with E-state index in [1.54, 1.807) is 34.5 Å². The van der Waals surface area contributed by atoms with Crippen molar-refractivity contribution in [3.63, 3.8) is 0 Å². The van der Waals surface area contributed by atoms with Crippen LogP contribution < -0.4 is 0 Å². The Morgan fingerprint density at radius 1 is 1.00 bits per heavy atom. The van der Waals surface area contributed by atoms with Crippen LogP contribution in [0.4, 0.5) is 0 Å². The van der Waals surface area contributed by atoms with Gasteiger partial charge in [0.25, 0.3) is 0 Å². The molecule has 0 spiro atoms. The van der Waals surface area contributed by atoms with E-state index >= 15 is 0 Å². The molecule has 0 aliphatic carbocycles. The molecular formula is C7H5N7. The number of fused-ring (bicyclic) bond motifs is 1. The molecule has 0 bridgehead atoms. The number of imidazole rings is 1. The highest BCUT2D eigenvalue weighted by atomic mass is 15.5. The van der Waals surface area contributed by atoms with Crippen LogP contribution in [0.15, 0.2) is 31.5 Å². The van der Waals surface area contributed by atoms with E-state index < -0.39 is 0 Å². The lowest BCUT2D eigenvalue weighted by atomic mass is 10.6. The summed E-state index contributed by atoms with van der Waals surface area (Å²) in [5.41, 5.74) is 1.46. The van der Waals surface area contributed by atoms with Gasteiger partial charge in [0.05, 0.1) is 6.20 Å². The Balaban J connectivity index is 2.33. The van der Waals surface area contributed by atoms with Gasteiger partial charge >= 0.3 is 0 Å². The molecule has 0 aliphatic heterocycles. The molecule has 3 aromatic heterocycles. The number of aromatic nitrogens is 7. The summed E-state index contributed by atoms with van der Waals surface area (Å²) in [4.78, 5) is 12.1. The van der Waals surface area contributed by atoms with Gasteiger partial charge in [-0.15, -0.1) is 10.2 Å². The van der Waals surface area contributed by atoms with E-state index in [1.807, 2.05) is 0 Å². The molecule has 0 unspecified atom stereocenters. The lowest BCUT2D eigenvalue weighted by molar-refractivity contribution is 0.669. The highest BCUT2D eigenvalue weighted by Gasteiger charge is 2.03. The van der Waals surface area contributed by atoms with Crippen LogP contribution in [0.1, 0.15) is 0 Å². The molecule has 0 radical (unpaired) electrons. The molecule has 3 heterocycles. The van der Waals surface area contributed by atoms with E-state index in [0.29, 0.717) is 0 Å². The van der Waals surface area contributed by atoms with Crippen LogP contribution in [-0.2, 0) is 0 Å². The third kappa shape index (κ3) is 0.889.